The summed E-state index contributed by atoms with van der Waals surface area (Å²) < 4.78 is 1.61. The fourth-order valence-electron chi connectivity index (χ4n) is 3.13. The van der Waals surface area contributed by atoms with Gasteiger partial charge in [-0.05, 0) is 18.9 Å². The normalized spacial score (nSPS) is 14.2. The van der Waals surface area contributed by atoms with E-state index >= 15 is 0 Å². The largest absolute Gasteiger partial charge is 0.355 e. The molecule has 7 heteroatoms. The molecule has 1 aromatic carbocycles. The monoisotopic (exact) mass is 373 g/mol. The fourth-order valence-corrected chi connectivity index (χ4v) is 4.03. The number of rotatable bonds is 7. The first-order valence-corrected chi connectivity index (χ1v) is 9.81. The average Bonchev–Trinajstić information content (AvgIpc) is 3.05. The second-order valence-electron chi connectivity index (χ2n) is 6.40. The predicted octanol–water partition coefficient (Wildman–Crippen LogP) is 1.76. The third kappa shape index (κ3) is 4.27. The van der Waals surface area contributed by atoms with Crippen molar-refractivity contribution in [3.05, 3.63) is 40.7 Å². The second kappa shape index (κ2) is 8.40. The number of hydrogen-bond acceptors (Lipinski definition) is 4. The third-order valence-corrected chi connectivity index (χ3v) is 5.63. The first kappa shape index (κ1) is 18.5. The van der Waals surface area contributed by atoms with Gasteiger partial charge in [0.1, 0.15) is 0 Å². The molecule has 0 saturated carbocycles. The Labute approximate surface area is 156 Å². The smallest absolute Gasteiger partial charge is 0.251 e. The molecule has 2 heterocycles. The lowest BCUT2D eigenvalue weighted by Gasteiger charge is -2.15. The molecule has 138 valence electrons. The van der Waals surface area contributed by atoms with E-state index in [-0.39, 0.29) is 23.1 Å². The van der Waals surface area contributed by atoms with E-state index in [4.69, 9.17) is 0 Å². The van der Waals surface area contributed by atoms with E-state index in [1.165, 1.54) is 11.8 Å². The maximum Gasteiger partial charge on any atom is 0.251 e. The van der Waals surface area contributed by atoms with Crippen LogP contribution in [-0.4, -0.2) is 46.7 Å². The molecule has 2 aromatic rings. The Hall–Kier alpha value is -2.28. The number of carbonyl (C=O) groups is 2. The van der Waals surface area contributed by atoms with Gasteiger partial charge >= 0.3 is 0 Å². The van der Waals surface area contributed by atoms with E-state index in [0.717, 1.165) is 35.2 Å². The number of carbonyl (C=O) groups excluding carboxylic acids is 2. The Morgan fingerprint density at radius 3 is 2.85 bits per heavy atom. The number of pyridine rings is 1. The number of likely N-dealkylation sites (tertiary alicyclic amines) is 1. The van der Waals surface area contributed by atoms with E-state index in [2.05, 4.69) is 5.32 Å². The highest BCUT2D eigenvalue weighted by Gasteiger charge is 2.19. The molecule has 1 aromatic heterocycles. The molecule has 26 heavy (non-hydrogen) atoms. The zero-order chi connectivity index (χ0) is 18.5. The molecule has 0 bridgehead atoms. The van der Waals surface area contributed by atoms with Crippen LogP contribution >= 0.6 is 11.8 Å². The number of benzene rings is 1. The zero-order valence-electron chi connectivity index (χ0n) is 14.9. The molecule has 0 unspecified atom stereocenters. The first-order valence-electron chi connectivity index (χ1n) is 8.82. The number of fused-ring (bicyclic) bond motifs is 1. The number of aryl methyl sites for hydroxylation is 1. The lowest BCUT2D eigenvalue weighted by molar-refractivity contribution is -0.127. The molecule has 1 aliphatic heterocycles. The van der Waals surface area contributed by atoms with E-state index in [1.54, 1.807) is 17.7 Å². The summed E-state index contributed by atoms with van der Waals surface area (Å²) in [5.74, 6) is 0.414. The maximum absolute atomic E-state index is 12.1. The molecule has 6 nitrogen and oxygen atoms in total. The van der Waals surface area contributed by atoms with Crippen LogP contribution in [0.1, 0.15) is 19.3 Å². The van der Waals surface area contributed by atoms with Crippen molar-refractivity contribution in [1.29, 1.82) is 0 Å². The van der Waals surface area contributed by atoms with Crippen molar-refractivity contribution in [2.75, 3.05) is 25.4 Å². The van der Waals surface area contributed by atoms with Crippen molar-refractivity contribution in [3.8, 4) is 0 Å². The van der Waals surface area contributed by atoms with Crippen molar-refractivity contribution in [2.45, 2.75) is 24.2 Å². The molecule has 0 radical (unpaired) electrons. The van der Waals surface area contributed by atoms with Gasteiger partial charge in [0.15, 0.2) is 0 Å². The molecule has 0 atom stereocenters. The van der Waals surface area contributed by atoms with Gasteiger partial charge in [-0.2, -0.15) is 0 Å². The van der Waals surface area contributed by atoms with Crippen molar-refractivity contribution in [1.82, 2.24) is 14.8 Å². The van der Waals surface area contributed by atoms with Gasteiger partial charge in [0.25, 0.3) is 5.56 Å². The molecule has 2 amide bonds. The van der Waals surface area contributed by atoms with Crippen LogP contribution in [0.4, 0.5) is 0 Å². The number of amides is 2. The molecular weight excluding hydrogens is 350 g/mol. The number of hydrogen-bond donors (Lipinski definition) is 1. The second-order valence-corrected chi connectivity index (χ2v) is 7.42. The van der Waals surface area contributed by atoms with Crippen LogP contribution in [0.2, 0.25) is 0 Å². The number of nitrogens with one attached hydrogen (secondary N) is 1. The van der Waals surface area contributed by atoms with Crippen LogP contribution in [0.25, 0.3) is 10.9 Å². The minimum atomic E-state index is -0.0816. The topological polar surface area (TPSA) is 71.4 Å². The summed E-state index contributed by atoms with van der Waals surface area (Å²) in [6.45, 7) is 2.09. The summed E-state index contributed by atoms with van der Waals surface area (Å²) in [6.07, 6.45) is 2.34. The van der Waals surface area contributed by atoms with Crippen LogP contribution in [-0.2, 0) is 16.6 Å². The molecule has 1 aliphatic rings. The van der Waals surface area contributed by atoms with Crippen LogP contribution < -0.4 is 10.9 Å². The quantitative estimate of drug-likeness (QED) is 0.593. The summed E-state index contributed by atoms with van der Waals surface area (Å²) in [7, 11) is 1.75. The third-order valence-electron chi connectivity index (χ3n) is 4.57. The average molecular weight is 373 g/mol. The lowest BCUT2D eigenvalue weighted by Crippen LogP contribution is -2.31. The summed E-state index contributed by atoms with van der Waals surface area (Å²) in [6, 6.07) is 9.27. The molecular formula is C19H23N3O3S. The fraction of sp³-hybridized carbons (Fsp3) is 0.421. The van der Waals surface area contributed by atoms with Gasteiger partial charge in [-0.15, -0.1) is 11.8 Å². The van der Waals surface area contributed by atoms with Crippen molar-refractivity contribution >= 4 is 34.5 Å². The van der Waals surface area contributed by atoms with Gasteiger partial charge in [-0.25, -0.2) is 0 Å². The van der Waals surface area contributed by atoms with Crippen molar-refractivity contribution < 1.29 is 9.59 Å². The number of aromatic nitrogens is 1. The highest BCUT2D eigenvalue weighted by molar-refractivity contribution is 8.00. The minimum Gasteiger partial charge on any atom is -0.355 e. The zero-order valence-corrected chi connectivity index (χ0v) is 15.7. The van der Waals surface area contributed by atoms with E-state index in [1.807, 2.05) is 29.2 Å². The Kier molecular flexibility index (Phi) is 5.98. The highest BCUT2D eigenvalue weighted by Crippen LogP contribution is 2.25. The lowest BCUT2D eigenvalue weighted by atomic mass is 10.2. The van der Waals surface area contributed by atoms with E-state index < -0.39 is 0 Å². The molecule has 1 saturated heterocycles. The summed E-state index contributed by atoms with van der Waals surface area (Å²) >= 11 is 1.37. The van der Waals surface area contributed by atoms with Gasteiger partial charge in [-0.1, -0.05) is 18.2 Å². The highest BCUT2D eigenvalue weighted by atomic mass is 32.2. The van der Waals surface area contributed by atoms with Gasteiger partial charge in [-0.3, -0.25) is 14.4 Å². The van der Waals surface area contributed by atoms with E-state index in [9.17, 15) is 14.4 Å². The first-order chi connectivity index (χ1) is 12.6. The van der Waals surface area contributed by atoms with Crippen LogP contribution in [0.15, 0.2) is 40.0 Å². The maximum atomic E-state index is 12.1. The van der Waals surface area contributed by atoms with Crippen LogP contribution in [0.5, 0.6) is 0 Å². The van der Waals surface area contributed by atoms with E-state index in [0.29, 0.717) is 19.5 Å². The Morgan fingerprint density at radius 1 is 1.27 bits per heavy atom. The van der Waals surface area contributed by atoms with Gasteiger partial charge in [0.2, 0.25) is 11.8 Å². The number of nitrogens with zero attached hydrogens (tertiary/aromatic N) is 2. The molecule has 1 N–H and O–H groups in total. The van der Waals surface area contributed by atoms with Crippen molar-refractivity contribution in [2.24, 2.45) is 7.05 Å². The van der Waals surface area contributed by atoms with Gasteiger partial charge < -0.3 is 14.8 Å². The van der Waals surface area contributed by atoms with Crippen LogP contribution in [0, 0.1) is 0 Å². The van der Waals surface area contributed by atoms with Crippen LogP contribution in [0.3, 0.4) is 0 Å². The molecule has 1 fully saturated rings. The van der Waals surface area contributed by atoms with Crippen molar-refractivity contribution in [3.63, 3.8) is 0 Å². The summed E-state index contributed by atoms with van der Waals surface area (Å²) in [5, 5.41) is 3.86. The standard InChI is InChI=1S/C19H23N3O3S/c1-21-15-7-3-2-6-14(15)16(12-19(21)25)26-13-17(23)20-9-5-11-22-10-4-8-18(22)24/h2-3,6-7,12H,4-5,8-11,13H2,1H3,(H,20,23). The predicted molar refractivity (Wildman–Crippen MR) is 103 cm³/mol. The van der Waals surface area contributed by atoms with Gasteiger partial charge in [0, 0.05) is 49.5 Å². The number of thioether (sulfide) groups is 1. The number of para-hydroxylation sites is 1. The molecule has 0 spiro atoms. The Balaban J connectivity index is 1.50. The minimum absolute atomic E-state index is 0.0625. The SMILES string of the molecule is Cn1c(=O)cc(SCC(=O)NCCCN2CCCC2=O)c2ccccc21. The summed E-state index contributed by atoms with van der Waals surface area (Å²) in [5.41, 5.74) is 0.778. The molecule has 3 rings (SSSR count). The Morgan fingerprint density at radius 2 is 2.08 bits per heavy atom. The summed E-state index contributed by atoms with van der Waals surface area (Å²) in [4.78, 5) is 38.4. The molecule has 0 aliphatic carbocycles. The van der Waals surface area contributed by atoms with Gasteiger partial charge in [0.05, 0.1) is 11.3 Å². The Bertz CT molecular complexity index is 878.